The lowest BCUT2D eigenvalue weighted by molar-refractivity contribution is -0.137. The molecule has 8 nitrogen and oxygen atoms in total. The van der Waals surface area contributed by atoms with Crippen molar-refractivity contribution in [2.45, 2.75) is 26.1 Å². The number of anilines is 1. The quantitative estimate of drug-likeness (QED) is 0.804. The summed E-state index contributed by atoms with van der Waals surface area (Å²) in [6, 6.07) is 3.69. The third kappa shape index (κ3) is 3.59. The topological polar surface area (TPSA) is 92.5 Å². The van der Waals surface area contributed by atoms with Crippen molar-refractivity contribution in [3.8, 4) is 0 Å². The summed E-state index contributed by atoms with van der Waals surface area (Å²) < 4.78 is 40.4. The Labute approximate surface area is 158 Å². The van der Waals surface area contributed by atoms with Crippen LogP contribution < -0.4 is 10.3 Å². The molecule has 2 atom stereocenters. The van der Waals surface area contributed by atoms with Crippen LogP contribution in [0.15, 0.2) is 35.7 Å². The highest BCUT2D eigenvalue weighted by Crippen LogP contribution is 2.33. The van der Waals surface area contributed by atoms with Crippen LogP contribution in [0.2, 0.25) is 0 Å². The maximum Gasteiger partial charge on any atom is 0.416 e. The van der Waals surface area contributed by atoms with Crippen molar-refractivity contribution < 1.29 is 22.8 Å². The van der Waals surface area contributed by atoms with E-state index in [2.05, 4.69) is 20.6 Å². The van der Waals surface area contributed by atoms with Crippen LogP contribution in [0, 0.1) is 5.92 Å². The van der Waals surface area contributed by atoms with E-state index in [9.17, 15) is 22.8 Å². The summed E-state index contributed by atoms with van der Waals surface area (Å²) in [6.07, 6.45) is -3.08. The molecule has 28 heavy (non-hydrogen) atoms. The van der Waals surface area contributed by atoms with Crippen molar-refractivity contribution >= 4 is 23.2 Å². The number of nitrogens with one attached hydrogen (secondary N) is 1. The van der Waals surface area contributed by atoms with Gasteiger partial charge in [-0.15, -0.1) is 10.2 Å². The first-order valence-corrected chi connectivity index (χ1v) is 8.30. The molecule has 0 spiro atoms. The molecule has 1 N–H and O–H groups in total. The normalized spacial score (nSPS) is 18.2. The molecular formula is C17H17F3N6O2. The number of rotatable bonds is 4. The number of carbonyl (C=O) groups is 2. The molecule has 1 aliphatic rings. The molecule has 1 aromatic heterocycles. The Balaban J connectivity index is 1.79. The van der Waals surface area contributed by atoms with Crippen LogP contribution in [0.5, 0.6) is 0 Å². The standard InChI is InChI=1S/C17H17F3N6O2/c1-9-13(15(27)22-10(2)14-23-21-8-25(14)3)16(28)26(24-9)12-6-4-5-11(7-12)17(18,19)20/h4-8,10,13H,1-3H3,(H,22,27)/t10-,13-/m1/s1. The number of hydrogen-bond donors (Lipinski definition) is 1. The van der Waals surface area contributed by atoms with Crippen LogP contribution in [0.4, 0.5) is 18.9 Å². The summed E-state index contributed by atoms with van der Waals surface area (Å²) in [7, 11) is 1.71. The van der Waals surface area contributed by atoms with Gasteiger partial charge in [-0.05, 0) is 32.0 Å². The zero-order valence-corrected chi connectivity index (χ0v) is 15.2. The van der Waals surface area contributed by atoms with E-state index in [0.29, 0.717) is 5.82 Å². The minimum Gasteiger partial charge on any atom is -0.345 e. The van der Waals surface area contributed by atoms with E-state index in [1.54, 1.807) is 18.5 Å². The van der Waals surface area contributed by atoms with Crippen molar-refractivity contribution in [3.05, 3.63) is 42.0 Å². The van der Waals surface area contributed by atoms with E-state index < -0.39 is 35.5 Å². The lowest BCUT2D eigenvalue weighted by Crippen LogP contribution is -2.41. The molecular weight excluding hydrogens is 377 g/mol. The van der Waals surface area contributed by atoms with Crippen LogP contribution in [0.1, 0.15) is 31.3 Å². The van der Waals surface area contributed by atoms with Gasteiger partial charge in [0, 0.05) is 7.05 Å². The molecule has 1 aliphatic heterocycles. The van der Waals surface area contributed by atoms with E-state index in [0.717, 1.165) is 17.1 Å². The van der Waals surface area contributed by atoms with Crippen LogP contribution in [-0.2, 0) is 22.8 Å². The van der Waals surface area contributed by atoms with Gasteiger partial charge >= 0.3 is 6.18 Å². The van der Waals surface area contributed by atoms with Crippen molar-refractivity contribution in [1.29, 1.82) is 0 Å². The Morgan fingerprint density at radius 2 is 2.04 bits per heavy atom. The Morgan fingerprint density at radius 3 is 2.64 bits per heavy atom. The van der Waals surface area contributed by atoms with Crippen molar-refractivity contribution in [2.24, 2.45) is 18.1 Å². The number of carbonyl (C=O) groups excluding carboxylic acids is 2. The number of halogens is 3. The summed E-state index contributed by atoms with van der Waals surface area (Å²) in [5.41, 5.74) is -0.782. The highest BCUT2D eigenvalue weighted by molar-refractivity contribution is 6.26. The fourth-order valence-electron chi connectivity index (χ4n) is 2.91. The molecule has 0 aliphatic carbocycles. The van der Waals surface area contributed by atoms with E-state index in [-0.39, 0.29) is 11.4 Å². The molecule has 2 amide bonds. The molecule has 1 aromatic carbocycles. The number of nitrogens with zero attached hydrogens (tertiary/aromatic N) is 5. The maximum atomic E-state index is 12.9. The molecule has 0 radical (unpaired) electrons. The van der Waals surface area contributed by atoms with Crippen molar-refractivity contribution in [2.75, 3.05) is 5.01 Å². The summed E-state index contributed by atoms with van der Waals surface area (Å²) in [5, 5.41) is 15.1. The van der Waals surface area contributed by atoms with Crippen LogP contribution >= 0.6 is 0 Å². The number of amides is 2. The minimum atomic E-state index is -4.56. The molecule has 148 valence electrons. The van der Waals surface area contributed by atoms with Gasteiger partial charge in [-0.3, -0.25) is 9.59 Å². The summed E-state index contributed by atoms with van der Waals surface area (Å²) in [4.78, 5) is 25.3. The summed E-state index contributed by atoms with van der Waals surface area (Å²) in [5.74, 6) is -2.08. The molecule has 3 rings (SSSR count). The van der Waals surface area contributed by atoms with Crippen LogP contribution in [0.25, 0.3) is 0 Å². The third-order valence-electron chi connectivity index (χ3n) is 4.30. The predicted molar refractivity (Wildman–Crippen MR) is 93.1 cm³/mol. The number of aryl methyl sites for hydroxylation is 1. The van der Waals surface area contributed by atoms with Gasteiger partial charge in [0.2, 0.25) is 5.91 Å². The molecule has 0 unspecified atom stereocenters. The Kier molecular flexibility index (Phi) is 4.92. The molecule has 2 aromatic rings. The molecule has 2 heterocycles. The van der Waals surface area contributed by atoms with Gasteiger partial charge in [0.1, 0.15) is 6.33 Å². The average Bonchev–Trinajstić information content (AvgIpc) is 3.17. The average molecular weight is 394 g/mol. The number of hydrogen-bond acceptors (Lipinski definition) is 5. The predicted octanol–water partition coefficient (Wildman–Crippen LogP) is 2.05. The Bertz CT molecular complexity index is 952. The van der Waals surface area contributed by atoms with Gasteiger partial charge in [0.15, 0.2) is 11.7 Å². The molecule has 0 saturated carbocycles. The van der Waals surface area contributed by atoms with Crippen LogP contribution in [-0.4, -0.2) is 32.3 Å². The van der Waals surface area contributed by atoms with Crippen molar-refractivity contribution in [1.82, 2.24) is 20.1 Å². The van der Waals surface area contributed by atoms with Gasteiger partial charge in [-0.25, -0.2) is 0 Å². The van der Waals surface area contributed by atoms with E-state index in [1.807, 2.05) is 0 Å². The second-order valence-electron chi connectivity index (χ2n) is 6.40. The first-order valence-electron chi connectivity index (χ1n) is 8.30. The van der Waals surface area contributed by atoms with Crippen molar-refractivity contribution in [3.63, 3.8) is 0 Å². The first kappa shape index (κ1) is 19.5. The third-order valence-corrected chi connectivity index (χ3v) is 4.30. The fraction of sp³-hybridized carbons (Fsp3) is 0.353. The lowest BCUT2D eigenvalue weighted by Gasteiger charge is -2.18. The highest BCUT2D eigenvalue weighted by Gasteiger charge is 2.41. The SMILES string of the molecule is CC1=NN(c2cccc(C(F)(F)F)c2)C(=O)[C@H]1C(=O)N[C@H](C)c1nncn1C. The number of hydrazone groups is 1. The first-order chi connectivity index (χ1) is 13.1. The number of alkyl halides is 3. The smallest absolute Gasteiger partial charge is 0.345 e. The van der Waals surface area contributed by atoms with Crippen LogP contribution in [0.3, 0.4) is 0 Å². The van der Waals surface area contributed by atoms with Gasteiger partial charge in [-0.1, -0.05) is 6.07 Å². The van der Waals surface area contributed by atoms with Gasteiger partial charge < -0.3 is 9.88 Å². The largest absolute Gasteiger partial charge is 0.416 e. The minimum absolute atomic E-state index is 0.0594. The van der Waals surface area contributed by atoms with Gasteiger partial charge in [0.25, 0.3) is 5.91 Å². The zero-order valence-electron chi connectivity index (χ0n) is 15.2. The molecule has 11 heteroatoms. The molecule has 0 saturated heterocycles. The monoisotopic (exact) mass is 394 g/mol. The van der Waals surface area contributed by atoms with E-state index >= 15 is 0 Å². The molecule has 0 bridgehead atoms. The van der Waals surface area contributed by atoms with Gasteiger partial charge in [0.05, 0.1) is 23.0 Å². The Morgan fingerprint density at radius 1 is 1.32 bits per heavy atom. The second-order valence-corrected chi connectivity index (χ2v) is 6.40. The van der Waals surface area contributed by atoms with E-state index in [1.165, 1.54) is 25.4 Å². The molecule has 0 fully saturated rings. The van der Waals surface area contributed by atoms with Gasteiger partial charge in [-0.2, -0.15) is 23.3 Å². The fourth-order valence-corrected chi connectivity index (χ4v) is 2.91. The highest BCUT2D eigenvalue weighted by atomic mass is 19.4. The number of benzene rings is 1. The maximum absolute atomic E-state index is 12.9. The summed E-state index contributed by atoms with van der Waals surface area (Å²) in [6.45, 7) is 3.15. The Hall–Kier alpha value is -3.24. The summed E-state index contributed by atoms with van der Waals surface area (Å²) >= 11 is 0. The number of aromatic nitrogens is 3. The lowest BCUT2D eigenvalue weighted by atomic mass is 10.0. The zero-order chi connectivity index (χ0) is 20.6. The second kappa shape index (κ2) is 7.06. The van der Waals surface area contributed by atoms with E-state index in [4.69, 9.17) is 0 Å².